The van der Waals surface area contributed by atoms with Crippen LogP contribution in [-0.4, -0.2) is 6.29 Å². The van der Waals surface area contributed by atoms with Crippen molar-refractivity contribution in [2.45, 2.75) is 299 Å². The molecule has 64 heavy (non-hydrogen) atoms. The highest BCUT2D eigenvalue weighted by atomic mass is 16.1. The van der Waals surface area contributed by atoms with Gasteiger partial charge < -0.3 is 4.79 Å². The van der Waals surface area contributed by atoms with Crippen LogP contribution < -0.4 is 0 Å². The molecule has 0 aromatic heterocycles. The Morgan fingerprint density at radius 1 is 0.188 bits per heavy atom. The average Bonchev–Trinajstić information content (AvgIpc) is 3.31. The molecular weight excluding hydrogens is 773 g/mol. The van der Waals surface area contributed by atoms with Crippen molar-refractivity contribution >= 4 is 6.29 Å². The zero-order valence-electron chi connectivity index (χ0n) is 44.8. The van der Waals surface area contributed by atoms with Crippen LogP contribution in [0, 0.1) is 0 Å². The molecule has 1 nitrogen and oxygen atoms in total. The number of carbonyl (C=O) groups excluding carboxylic acids is 1. The van der Waals surface area contributed by atoms with Gasteiger partial charge in [-0.1, -0.05) is 261 Å². The summed E-state index contributed by atoms with van der Waals surface area (Å²) in [5.41, 5.74) is 0. The van der Waals surface area contributed by atoms with E-state index >= 15 is 0 Å². The molecule has 0 rings (SSSR count). The maximum atomic E-state index is 10.1. The van der Waals surface area contributed by atoms with E-state index in [1.807, 2.05) is 0 Å². The van der Waals surface area contributed by atoms with Gasteiger partial charge in [0, 0.05) is 6.42 Å². The van der Waals surface area contributed by atoms with Gasteiger partial charge in [0.1, 0.15) is 6.29 Å². The van der Waals surface area contributed by atoms with Crippen LogP contribution in [0.15, 0.2) is 97.2 Å². The van der Waals surface area contributed by atoms with E-state index in [1.54, 1.807) is 0 Å². The Kier molecular flexibility index (Phi) is 79.8. The first-order valence-electron chi connectivity index (χ1n) is 28.3. The van der Waals surface area contributed by atoms with E-state index in [9.17, 15) is 4.79 Å². The van der Waals surface area contributed by atoms with Crippen molar-refractivity contribution in [2.24, 2.45) is 0 Å². The minimum atomic E-state index is 0.741. The fourth-order valence-corrected chi connectivity index (χ4v) is 6.64. The van der Waals surface area contributed by atoms with Crippen LogP contribution in [0.3, 0.4) is 0 Å². The van der Waals surface area contributed by atoms with Crippen LogP contribution in [0.25, 0.3) is 0 Å². The SMILES string of the molecule is CCC/C=C/C/C=C/CCCCC.CCCCC/C=C/C/C=C/CCCCC.CCCCC/C=C/C/C=C/CCCCCCC.CCCCC/C=C/C/C=C/CCCCCCCC=O. The monoisotopic (exact) mass is 889 g/mol. The zero-order chi connectivity index (χ0) is 47.6. The smallest absolute Gasteiger partial charge is 0.119 e. The molecule has 0 heterocycles. The molecule has 0 amide bonds. The van der Waals surface area contributed by atoms with Gasteiger partial charge in [-0.25, -0.2) is 0 Å². The second kappa shape index (κ2) is 74.9. The van der Waals surface area contributed by atoms with Crippen molar-refractivity contribution in [3.8, 4) is 0 Å². The molecule has 0 saturated heterocycles. The summed E-state index contributed by atoms with van der Waals surface area (Å²) in [4.78, 5) is 10.1. The number of allylic oxidation sites excluding steroid dienone is 16. The van der Waals surface area contributed by atoms with Crippen LogP contribution >= 0.6 is 0 Å². The summed E-state index contributed by atoms with van der Waals surface area (Å²) < 4.78 is 0. The number of aldehydes is 1. The molecule has 0 aromatic carbocycles. The Morgan fingerprint density at radius 3 is 0.609 bits per heavy atom. The minimum Gasteiger partial charge on any atom is -0.303 e. The lowest BCUT2D eigenvalue weighted by Gasteiger charge is -1.97. The molecule has 0 radical (unpaired) electrons. The molecule has 0 saturated carbocycles. The molecule has 0 aliphatic heterocycles. The third kappa shape index (κ3) is 83.2. The third-order valence-corrected chi connectivity index (χ3v) is 10.9. The van der Waals surface area contributed by atoms with Gasteiger partial charge in [0.05, 0.1) is 0 Å². The number of rotatable bonds is 44. The Hall–Kier alpha value is -2.41. The van der Waals surface area contributed by atoms with E-state index in [4.69, 9.17) is 0 Å². The van der Waals surface area contributed by atoms with E-state index in [2.05, 4.69) is 146 Å². The van der Waals surface area contributed by atoms with Gasteiger partial charge in [-0.05, 0) is 128 Å². The largest absolute Gasteiger partial charge is 0.303 e. The number of carbonyl (C=O) groups is 1. The van der Waals surface area contributed by atoms with Gasteiger partial charge in [0.25, 0.3) is 0 Å². The molecule has 0 unspecified atom stereocenters. The Balaban J connectivity index is -0.000000378. The first kappa shape index (κ1) is 68.2. The first-order chi connectivity index (χ1) is 31.7. The fraction of sp³-hybridized carbons (Fsp3) is 0.730. The van der Waals surface area contributed by atoms with Crippen molar-refractivity contribution < 1.29 is 4.79 Å². The van der Waals surface area contributed by atoms with Gasteiger partial charge in [-0.2, -0.15) is 0 Å². The molecule has 0 aliphatic carbocycles. The summed E-state index contributed by atoms with van der Waals surface area (Å²) in [6.07, 6.45) is 87.6. The van der Waals surface area contributed by atoms with Crippen LogP contribution in [0.2, 0.25) is 0 Å². The summed E-state index contributed by atoms with van der Waals surface area (Å²) in [7, 11) is 0. The Morgan fingerprint density at radius 2 is 0.375 bits per heavy atom. The fourth-order valence-electron chi connectivity index (χ4n) is 6.64. The highest BCUT2D eigenvalue weighted by Gasteiger charge is 1.90. The molecule has 0 atom stereocenters. The van der Waals surface area contributed by atoms with Crippen LogP contribution in [0.1, 0.15) is 299 Å². The maximum absolute atomic E-state index is 10.1. The Bertz CT molecular complexity index is 998. The number of unbranched alkanes of at least 4 members (excludes halogenated alkanes) is 27. The standard InChI is InChI=1S/C18H32O.C17H32.C15H28.C13H24/c1-2-3-4-5-6-7-8-9-10-11-12-13-14-15-16-17-18-19;1-3-5-7-9-11-13-15-17-16-14-12-10-8-6-4-2;1-3-5-7-9-11-13-15-14-12-10-8-6-4-2;1-3-5-7-9-11-13-12-10-8-6-4-2/h6-7,9-10,18H,2-5,8,11-17H2,1H3;11,13,16-17H,3-10,12,14-15H2,1-2H3;11-14H,3-10,15H2,1-2H3;7,9,12-13H,3-6,8,10-11H2,1-2H3/b7-6+,10-9+;13-11+,17-16+;13-11+,14-12+;9-7+,13-12+. The van der Waals surface area contributed by atoms with Crippen LogP contribution in [0.4, 0.5) is 0 Å². The van der Waals surface area contributed by atoms with Crippen LogP contribution in [-0.2, 0) is 4.79 Å². The van der Waals surface area contributed by atoms with Crippen molar-refractivity contribution in [2.75, 3.05) is 0 Å². The predicted molar refractivity (Wildman–Crippen MR) is 299 cm³/mol. The van der Waals surface area contributed by atoms with Gasteiger partial charge in [0.2, 0.25) is 0 Å². The molecule has 0 bridgehead atoms. The molecular formula is C63H116O. The predicted octanol–water partition coefficient (Wildman–Crippen LogP) is 22.9. The molecule has 0 N–H and O–H groups in total. The second-order valence-electron chi connectivity index (χ2n) is 17.7. The number of hydrogen-bond acceptors (Lipinski definition) is 1. The molecule has 0 aliphatic rings. The lowest BCUT2D eigenvalue weighted by Crippen LogP contribution is -1.80. The topological polar surface area (TPSA) is 17.1 Å². The summed E-state index contributed by atoms with van der Waals surface area (Å²) in [5, 5.41) is 0. The highest BCUT2D eigenvalue weighted by molar-refractivity contribution is 5.48. The quantitative estimate of drug-likeness (QED) is 0.0338. The van der Waals surface area contributed by atoms with E-state index < -0.39 is 0 Å². The van der Waals surface area contributed by atoms with Crippen molar-refractivity contribution in [1.82, 2.24) is 0 Å². The molecule has 0 aromatic rings. The Labute approximate surface area is 405 Å². The summed E-state index contributed by atoms with van der Waals surface area (Å²) in [5.74, 6) is 0. The van der Waals surface area contributed by atoms with E-state index in [-0.39, 0.29) is 0 Å². The highest BCUT2D eigenvalue weighted by Crippen LogP contribution is 2.09. The lowest BCUT2D eigenvalue weighted by atomic mass is 10.1. The molecule has 0 spiro atoms. The second-order valence-corrected chi connectivity index (χ2v) is 17.7. The third-order valence-electron chi connectivity index (χ3n) is 10.9. The van der Waals surface area contributed by atoms with Crippen molar-refractivity contribution in [3.63, 3.8) is 0 Å². The summed E-state index contributed by atoms with van der Waals surface area (Å²) in [6, 6.07) is 0. The van der Waals surface area contributed by atoms with Crippen LogP contribution in [0.5, 0.6) is 0 Å². The minimum absolute atomic E-state index is 0.741. The van der Waals surface area contributed by atoms with Gasteiger partial charge >= 0.3 is 0 Å². The number of hydrogen-bond donors (Lipinski definition) is 0. The molecule has 1 heteroatoms. The van der Waals surface area contributed by atoms with E-state index in [0.717, 1.165) is 44.8 Å². The normalized spacial score (nSPS) is 11.8. The van der Waals surface area contributed by atoms with Crippen molar-refractivity contribution in [1.29, 1.82) is 0 Å². The summed E-state index contributed by atoms with van der Waals surface area (Å²) >= 11 is 0. The van der Waals surface area contributed by atoms with E-state index in [1.165, 1.54) is 212 Å². The zero-order valence-corrected chi connectivity index (χ0v) is 44.8. The summed E-state index contributed by atoms with van der Waals surface area (Å²) in [6.45, 7) is 15.7. The van der Waals surface area contributed by atoms with Gasteiger partial charge in [0.15, 0.2) is 0 Å². The van der Waals surface area contributed by atoms with E-state index in [0.29, 0.717) is 0 Å². The lowest BCUT2D eigenvalue weighted by molar-refractivity contribution is -0.107. The molecule has 0 fully saturated rings. The average molecular weight is 890 g/mol. The molecule has 374 valence electrons. The van der Waals surface area contributed by atoms with Gasteiger partial charge in [-0.15, -0.1) is 0 Å². The van der Waals surface area contributed by atoms with Gasteiger partial charge in [-0.3, -0.25) is 0 Å². The first-order valence-corrected chi connectivity index (χ1v) is 28.3. The van der Waals surface area contributed by atoms with Crippen molar-refractivity contribution in [3.05, 3.63) is 97.2 Å². The maximum Gasteiger partial charge on any atom is 0.119 e.